The fraction of sp³-hybridized carbons (Fsp3) is 0.217. The minimum absolute atomic E-state index is 0.121. The maximum atomic E-state index is 12.8. The van der Waals surface area contributed by atoms with Crippen molar-refractivity contribution in [3.63, 3.8) is 0 Å². The maximum Gasteiger partial charge on any atom is 0.416 e. The van der Waals surface area contributed by atoms with Gasteiger partial charge in [-0.15, -0.1) is 0 Å². The highest BCUT2D eigenvalue weighted by molar-refractivity contribution is 7.80. The molecule has 7 nitrogen and oxygen atoms in total. The number of anilines is 2. The van der Waals surface area contributed by atoms with Gasteiger partial charge in [-0.3, -0.25) is 5.32 Å². The van der Waals surface area contributed by atoms with Crippen molar-refractivity contribution in [2.45, 2.75) is 26.6 Å². The lowest BCUT2D eigenvalue weighted by atomic mass is 10.2. The van der Waals surface area contributed by atoms with E-state index >= 15 is 0 Å². The lowest BCUT2D eigenvalue weighted by Gasteiger charge is -2.15. The third kappa shape index (κ3) is 7.14. The molecule has 0 saturated carbocycles. The van der Waals surface area contributed by atoms with Gasteiger partial charge in [0.25, 0.3) is 0 Å². The molecule has 0 aliphatic carbocycles. The zero-order chi connectivity index (χ0) is 24.7. The van der Waals surface area contributed by atoms with Crippen LogP contribution in [0.15, 0.2) is 59.6 Å². The van der Waals surface area contributed by atoms with Gasteiger partial charge in [0.15, 0.2) is 5.11 Å². The number of aliphatic imine (C=N–C) groups is 1. The Kier molecular flexibility index (Phi) is 8.00. The second-order valence-electron chi connectivity index (χ2n) is 7.23. The summed E-state index contributed by atoms with van der Waals surface area (Å²) in [6, 6.07) is 13.8. The van der Waals surface area contributed by atoms with Gasteiger partial charge in [0.2, 0.25) is 11.9 Å². The number of nitrogens with one attached hydrogen (secondary N) is 3. The summed E-state index contributed by atoms with van der Waals surface area (Å²) in [6.45, 7) is 3.94. The number of para-hydroxylation sites is 1. The van der Waals surface area contributed by atoms with E-state index in [2.05, 4.69) is 30.9 Å². The fourth-order valence-electron chi connectivity index (χ4n) is 3.01. The summed E-state index contributed by atoms with van der Waals surface area (Å²) in [6.07, 6.45) is -4.41. The van der Waals surface area contributed by atoms with Gasteiger partial charge in [0, 0.05) is 22.6 Å². The average Bonchev–Trinajstić information content (AvgIpc) is 2.76. The fourth-order valence-corrected chi connectivity index (χ4v) is 3.22. The lowest BCUT2D eigenvalue weighted by molar-refractivity contribution is -0.137. The molecule has 0 atom stereocenters. The molecule has 178 valence electrons. The first-order chi connectivity index (χ1) is 16.1. The summed E-state index contributed by atoms with van der Waals surface area (Å²) in [5.41, 5.74) is 2.02. The molecule has 0 aliphatic heterocycles. The third-order valence-electron chi connectivity index (χ3n) is 4.51. The van der Waals surface area contributed by atoms with Crippen LogP contribution < -0.4 is 20.7 Å². The quantitative estimate of drug-likeness (QED) is 0.263. The molecule has 1 aromatic heterocycles. The smallest absolute Gasteiger partial charge is 0.416 e. The molecule has 3 rings (SSSR count). The van der Waals surface area contributed by atoms with E-state index in [9.17, 15) is 13.2 Å². The molecular formula is C23H23F3N6OS. The number of aromatic nitrogens is 2. The molecule has 0 radical (unpaired) electrons. The van der Waals surface area contributed by atoms with Crippen LogP contribution >= 0.6 is 12.2 Å². The molecule has 3 N–H and O–H groups in total. The van der Waals surface area contributed by atoms with E-state index in [4.69, 9.17) is 17.0 Å². The number of benzene rings is 2. The molecule has 0 aliphatic rings. The number of thiocarbonyl (C=S) groups is 1. The summed E-state index contributed by atoms with van der Waals surface area (Å²) in [5.74, 6) is 1.25. The van der Waals surface area contributed by atoms with E-state index in [-0.39, 0.29) is 17.6 Å². The van der Waals surface area contributed by atoms with Crippen LogP contribution in [0.2, 0.25) is 0 Å². The Morgan fingerprint density at radius 3 is 2.26 bits per heavy atom. The van der Waals surface area contributed by atoms with Crippen molar-refractivity contribution in [3.8, 4) is 5.75 Å². The predicted octanol–water partition coefficient (Wildman–Crippen LogP) is 5.08. The summed E-state index contributed by atoms with van der Waals surface area (Å²) in [5, 5.41) is 8.90. The highest BCUT2D eigenvalue weighted by Gasteiger charge is 2.29. The average molecular weight is 489 g/mol. The standard InChI is InChI=1S/C23H23F3N6OS/c1-14-12-15(2)29-21(28-14)31-20(27-13-16-6-4-5-7-19(16)33-3)32-22(34)30-18-10-8-17(9-11-18)23(24,25)26/h4-12H,13H2,1-3H3,(H3,27,28,29,30,31,32,34). The number of hydrogen-bond acceptors (Lipinski definition) is 5. The molecular weight excluding hydrogens is 465 g/mol. The molecule has 1 heterocycles. The zero-order valence-electron chi connectivity index (χ0n) is 18.7. The van der Waals surface area contributed by atoms with Crippen LogP contribution in [0.1, 0.15) is 22.5 Å². The number of guanidine groups is 1. The molecule has 0 spiro atoms. The number of ether oxygens (including phenoxy) is 1. The van der Waals surface area contributed by atoms with Crippen molar-refractivity contribution in [2.75, 3.05) is 17.7 Å². The van der Waals surface area contributed by atoms with Gasteiger partial charge < -0.3 is 15.4 Å². The number of methoxy groups -OCH3 is 1. The van der Waals surface area contributed by atoms with Gasteiger partial charge in [0.1, 0.15) is 5.75 Å². The molecule has 0 fully saturated rings. The number of alkyl halides is 3. The Labute approximate surface area is 200 Å². The van der Waals surface area contributed by atoms with E-state index in [1.807, 2.05) is 44.2 Å². The van der Waals surface area contributed by atoms with Crippen LogP contribution in [0, 0.1) is 13.8 Å². The van der Waals surface area contributed by atoms with Crippen molar-refractivity contribution in [1.82, 2.24) is 15.3 Å². The van der Waals surface area contributed by atoms with Crippen LogP contribution in [0.4, 0.5) is 24.8 Å². The second kappa shape index (κ2) is 10.9. The van der Waals surface area contributed by atoms with Crippen molar-refractivity contribution in [2.24, 2.45) is 4.99 Å². The zero-order valence-corrected chi connectivity index (χ0v) is 19.5. The first-order valence-corrected chi connectivity index (χ1v) is 10.6. The van der Waals surface area contributed by atoms with Crippen LogP contribution in [-0.4, -0.2) is 28.1 Å². The summed E-state index contributed by atoms with van der Waals surface area (Å²) < 4.78 is 43.7. The number of nitrogens with zero attached hydrogens (tertiary/aromatic N) is 3. The Morgan fingerprint density at radius 2 is 1.65 bits per heavy atom. The molecule has 0 bridgehead atoms. The summed E-state index contributed by atoms with van der Waals surface area (Å²) in [7, 11) is 1.58. The molecule has 3 aromatic rings. The van der Waals surface area contributed by atoms with Crippen molar-refractivity contribution in [1.29, 1.82) is 0 Å². The van der Waals surface area contributed by atoms with Gasteiger partial charge >= 0.3 is 6.18 Å². The molecule has 34 heavy (non-hydrogen) atoms. The number of halogens is 3. The normalized spacial score (nSPS) is 11.6. The Bertz CT molecular complexity index is 1160. The SMILES string of the molecule is COc1ccccc1CN=C(NC(=S)Nc1ccc(C(F)(F)F)cc1)Nc1nc(C)cc(C)n1. The molecule has 0 unspecified atom stereocenters. The lowest BCUT2D eigenvalue weighted by Crippen LogP contribution is -2.39. The third-order valence-corrected chi connectivity index (χ3v) is 4.72. The Balaban J connectivity index is 1.78. The van der Waals surface area contributed by atoms with E-state index < -0.39 is 11.7 Å². The van der Waals surface area contributed by atoms with Gasteiger partial charge in [-0.05, 0) is 62.5 Å². The first kappa shape index (κ1) is 24.9. The first-order valence-electron chi connectivity index (χ1n) is 10.1. The Hall–Kier alpha value is -3.73. The maximum absolute atomic E-state index is 12.8. The van der Waals surface area contributed by atoms with Crippen molar-refractivity contribution in [3.05, 3.63) is 77.1 Å². The minimum Gasteiger partial charge on any atom is -0.496 e. The van der Waals surface area contributed by atoms with Gasteiger partial charge in [-0.1, -0.05) is 18.2 Å². The van der Waals surface area contributed by atoms with Crippen LogP contribution in [0.3, 0.4) is 0 Å². The number of hydrogen-bond donors (Lipinski definition) is 3. The van der Waals surface area contributed by atoms with Crippen LogP contribution in [-0.2, 0) is 12.7 Å². The van der Waals surface area contributed by atoms with E-state index in [0.29, 0.717) is 17.4 Å². The molecule has 0 amide bonds. The largest absolute Gasteiger partial charge is 0.496 e. The van der Waals surface area contributed by atoms with Crippen LogP contribution in [0.5, 0.6) is 5.75 Å². The highest BCUT2D eigenvalue weighted by Crippen LogP contribution is 2.29. The second-order valence-corrected chi connectivity index (χ2v) is 7.64. The minimum atomic E-state index is -4.41. The monoisotopic (exact) mass is 488 g/mol. The summed E-state index contributed by atoms with van der Waals surface area (Å²) in [4.78, 5) is 13.2. The van der Waals surface area contributed by atoms with E-state index in [0.717, 1.165) is 29.1 Å². The topological polar surface area (TPSA) is 83.5 Å². The summed E-state index contributed by atoms with van der Waals surface area (Å²) >= 11 is 5.34. The van der Waals surface area contributed by atoms with Gasteiger partial charge in [-0.2, -0.15) is 13.2 Å². The van der Waals surface area contributed by atoms with Crippen LogP contribution in [0.25, 0.3) is 0 Å². The van der Waals surface area contributed by atoms with E-state index in [1.165, 1.54) is 12.1 Å². The highest BCUT2D eigenvalue weighted by atomic mass is 32.1. The molecule has 11 heteroatoms. The molecule has 2 aromatic carbocycles. The van der Waals surface area contributed by atoms with Gasteiger partial charge in [0.05, 0.1) is 19.2 Å². The number of rotatable bonds is 5. The van der Waals surface area contributed by atoms with E-state index in [1.54, 1.807) is 7.11 Å². The van der Waals surface area contributed by atoms with Crippen molar-refractivity contribution >= 4 is 34.9 Å². The van der Waals surface area contributed by atoms with Crippen molar-refractivity contribution < 1.29 is 17.9 Å². The molecule has 0 saturated heterocycles. The van der Waals surface area contributed by atoms with Gasteiger partial charge in [-0.25, -0.2) is 15.0 Å². The predicted molar refractivity (Wildman–Crippen MR) is 130 cm³/mol. The Morgan fingerprint density at radius 1 is 1.00 bits per heavy atom. The number of aryl methyl sites for hydroxylation is 2.